The van der Waals surface area contributed by atoms with Gasteiger partial charge in [0.2, 0.25) is 5.88 Å². The van der Waals surface area contributed by atoms with E-state index in [9.17, 15) is 0 Å². The van der Waals surface area contributed by atoms with Crippen LogP contribution < -0.4 is 3.07 Å². The van der Waals surface area contributed by atoms with E-state index in [1.54, 1.807) is 6.20 Å². The first kappa shape index (κ1) is 6.90. The van der Waals surface area contributed by atoms with Gasteiger partial charge in [0.25, 0.3) is 0 Å². The zero-order chi connectivity index (χ0) is 7.68. The molecule has 0 aromatic carbocycles. The van der Waals surface area contributed by atoms with E-state index in [1.165, 1.54) is 0 Å². The first-order valence-corrected chi connectivity index (χ1v) is 4.00. The normalized spacial score (nSPS) is 10.3. The molecule has 0 aliphatic rings. The number of hydrogen-bond donors (Lipinski definition) is 1. The standard InChI is InChI=1S/C7H5IN2O/c8-11-7-3-5-1-2-9-6(5)4-10-7/h1-4,9H. The van der Waals surface area contributed by atoms with Crippen molar-refractivity contribution < 1.29 is 3.07 Å². The molecule has 0 atom stereocenters. The maximum Gasteiger partial charge on any atom is 0.225 e. The Kier molecular flexibility index (Phi) is 1.69. The van der Waals surface area contributed by atoms with Crippen molar-refractivity contribution in [2.75, 3.05) is 0 Å². The Balaban J connectivity index is 2.67. The van der Waals surface area contributed by atoms with Gasteiger partial charge in [-0.1, -0.05) is 0 Å². The molecule has 0 amide bonds. The predicted octanol–water partition coefficient (Wildman–Crippen LogP) is 2.29. The van der Waals surface area contributed by atoms with Gasteiger partial charge in [-0.05, 0) is 6.07 Å². The number of pyridine rings is 1. The Morgan fingerprint density at radius 1 is 1.55 bits per heavy atom. The number of halogens is 1. The number of rotatable bonds is 1. The van der Waals surface area contributed by atoms with Crippen LogP contribution in [0, 0.1) is 0 Å². The maximum absolute atomic E-state index is 4.94. The Bertz CT molecular complexity index is 371. The van der Waals surface area contributed by atoms with Crippen molar-refractivity contribution in [1.82, 2.24) is 9.97 Å². The number of fused-ring (bicyclic) bond motifs is 1. The van der Waals surface area contributed by atoms with Crippen molar-refractivity contribution in [3.05, 3.63) is 24.5 Å². The first-order valence-electron chi connectivity index (χ1n) is 3.12. The molecule has 0 unspecified atom stereocenters. The molecule has 56 valence electrons. The van der Waals surface area contributed by atoms with Crippen LogP contribution in [0.3, 0.4) is 0 Å². The van der Waals surface area contributed by atoms with Crippen molar-refractivity contribution in [3.8, 4) is 5.88 Å². The van der Waals surface area contributed by atoms with E-state index in [0.29, 0.717) is 5.88 Å². The fourth-order valence-corrected chi connectivity index (χ4v) is 1.21. The third-order valence-corrected chi connectivity index (χ3v) is 1.94. The molecular weight excluding hydrogens is 255 g/mol. The number of nitrogens with zero attached hydrogens (tertiary/aromatic N) is 1. The van der Waals surface area contributed by atoms with E-state index in [1.807, 2.05) is 41.3 Å². The van der Waals surface area contributed by atoms with Crippen molar-refractivity contribution in [2.45, 2.75) is 0 Å². The Hall–Kier alpha value is -0.780. The lowest BCUT2D eigenvalue weighted by molar-refractivity contribution is 0.683. The van der Waals surface area contributed by atoms with Gasteiger partial charge >= 0.3 is 0 Å². The molecule has 0 aliphatic carbocycles. The van der Waals surface area contributed by atoms with E-state index in [0.717, 1.165) is 10.9 Å². The molecule has 0 radical (unpaired) electrons. The summed E-state index contributed by atoms with van der Waals surface area (Å²) in [5.74, 6) is 0.637. The molecule has 0 spiro atoms. The van der Waals surface area contributed by atoms with Gasteiger partial charge in [0.15, 0.2) is 23.0 Å². The van der Waals surface area contributed by atoms with Crippen LogP contribution in [0.25, 0.3) is 10.9 Å². The van der Waals surface area contributed by atoms with E-state index >= 15 is 0 Å². The van der Waals surface area contributed by atoms with Gasteiger partial charge in [0, 0.05) is 17.6 Å². The Labute approximate surface area is 77.5 Å². The van der Waals surface area contributed by atoms with Crippen LogP contribution in [0.1, 0.15) is 0 Å². The van der Waals surface area contributed by atoms with Crippen LogP contribution in [-0.4, -0.2) is 9.97 Å². The molecular formula is C7H5IN2O. The highest BCUT2D eigenvalue weighted by atomic mass is 127. The SMILES string of the molecule is IOc1cc2cc[nH]c2cn1. The molecule has 11 heavy (non-hydrogen) atoms. The second-order valence-corrected chi connectivity index (χ2v) is 2.61. The average Bonchev–Trinajstić information content (AvgIpc) is 2.50. The molecule has 0 fully saturated rings. The van der Waals surface area contributed by atoms with Crippen molar-refractivity contribution >= 4 is 33.9 Å². The number of nitrogens with one attached hydrogen (secondary N) is 1. The number of H-pyrrole nitrogens is 1. The van der Waals surface area contributed by atoms with Gasteiger partial charge in [-0.2, -0.15) is 0 Å². The monoisotopic (exact) mass is 260 g/mol. The molecule has 0 saturated heterocycles. The number of hydrogen-bond acceptors (Lipinski definition) is 2. The highest BCUT2D eigenvalue weighted by molar-refractivity contribution is 14.1. The Morgan fingerprint density at radius 2 is 2.45 bits per heavy atom. The van der Waals surface area contributed by atoms with Gasteiger partial charge in [-0.15, -0.1) is 0 Å². The summed E-state index contributed by atoms with van der Waals surface area (Å²) in [4.78, 5) is 7.09. The molecule has 0 saturated carbocycles. The van der Waals surface area contributed by atoms with Crippen LogP contribution in [0.5, 0.6) is 5.88 Å². The molecule has 2 aromatic rings. The van der Waals surface area contributed by atoms with Gasteiger partial charge in [0.1, 0.15) is 0 Å². The molecule has 2 heterocycles. The third-order valence-electron chi connectivity index (χ3n) is 1.49. The molecule has 1 N–H and O–H groups in total. The Morgan fingerprint density at radius 3 is 3.27 bits per heavy atom. The second kappa shape index (κ2) is 2.69. The summed E-state index contributed by atoms with van der Waals surface area (Å²) in [5.41, 5.74) is 1.03. The summed E-state index contributed by atoms with van der Waals surface area (Å²) in [6.45, 7) is 0. The van der Waals surface area contributed by atoms with Crippen LogP contribution in [0.2, 0.25) is 0 Å². The smallest absolute Gasteiger partial charge is 0.225 e. The van der Waals surface area contributed by atoms with Crippen molar-refractivity contribution in [2.24, 2.45) is 0 Å². The first-order chi connectivity index (χ1) is 5.40. The zero-order valence-corrected chi connectivity index (χ0v) is 7.70. The maximum atomic E-state index is 4.94. The van der Waals surface area contributed by atoms with Crippen molar-refractivity contribution in [1.29, 1.82) is 0 Å². The summed E-state index contributed by atoms with van der Waals surface area (Å²) in [6, 6.07) is 3.87. The van der Waals surface area contributed by atoms with Crippen LogP contribution in [0.15, 0.2) is 24.5 Å². The quantitative estimate of drug-likeness (QED) is 0.799. The van der Waals surface area contributed by atoms with E-state index in [-0.39, 0.29) is 0 Å². The van der Waals surface area contributed by atoms with Gasteiger partial charge < -0.3 is 8.05 Å². The summed E-state index contributed by atoms with van der Waals surface area (Å²) < 4.78 is 4.94. The highest BCUT2D eigenvalue weighted by Gasteiger charge is 1.96. The molecule has 2 rings (SSSR count). The van der Waals surface area contributed by atoms with E-state index in [2.05, 4.69) is 9.97 Å². The van der Waals surface area contributed by atoms with Crippen LogP contribution in [0.4, 0.5) is 0 Å². The second-order valence-electron chi connectivity index (χ2n) is 2.16. The summed E-state index contributed by atoms with van der Waals surface area (Å²) in [5, 5.41) is 1.12. The zero-order valence-electron chi connectivity index (χ0n) is 5.54. The summed E-state index contributed by atoms with van der Waals surface area (Å²) in [7, 11) is 0. The van der Waals surface area contributed by atoms with Gasteiger partial charge in [0.05, 0.1) is 11.7 Å². The lowest BCUT2D eigenvalue weighted by Gasteiger charge is -1.93. The van der Waals surface area contributed by atoms with Crippen LogP contribution >= 0.6 is 23.0 Å². The van der Waals surface area contributed by atoms with E-state index in [4.69, 9.17) is 3.07 Å². The fraction of sp³-hybridized carbons (Fsp3) is 0. The van der Waals surface area contributed by atoms with Crippen molar-refractivity contribution in [3.63, 3.8) is 0 Å². The van der Waals surface area contributed by atoms with Gasteiger partial charge in [-0.25, -0.2) is 4.98 Å². The molecule has 0 aliphatic heterocycles. The lowest BCUT2D eigenvalue weighted by Crippen LogP contribution is -1.78. The number of aromatic amines is 1. The minimum absolute atomic E-state index is 0.637. The topological polar surface area (TPSA) is 37.9 Å². The fourth-order valence-electron chi connectivity index (χ4n) is 0.973. The third kappa shape index (κ3) is 1.18. The molecule has 2 aromatic heterocycles. The molecule has 0 bridgehead atoms. The van der Waals surface area contributed by atoms with Gasteiger partial charge in [-0.3, -0.25) is 0 Å². The average molecular weight is 260 g/mol. The highest BCUT2D eigenvalue weighted by Crippen LogP contribution is 2.17. The minimum Gasteiger partial charge on any atom is -0.408 e. The lowest BCUT2D eigenvalue weighted by atomic mass is 10.3. The molecule has 3 nitrogen and oxygen atoms in total. The van der Waals surface area contributed by atoms with Crippen LogP contribution in [-0.2, 0) is 0 Å². The molecule has 4 heteroatoms. The summed E-state index contributed by atoms with van der Waals surface area (Å²) >= 11 is 1.81. The number of aromatic nitrogens is 2. The van der Waals surface area contributed by atoms with E-state index < -0.39 is 0 Å². The minimum atomic E-state index is 0.637. The summed E-state index contributed by atoms with van der Waals surface area (Å²) in [6.07, 6.45) is 3.63. The largest absolute Gasteiger partial charge is 0.408 e. The predicted molar refractivity (Wildman–Crippen MR) is 50.7 cm³/mol.